The minimum atomic E-state index is -2.90. The minimum absolute atomic E-state index is 0.0162. The lowest BCUT2D eigenvalue weighted by atomic mass is 10.0. The van der Waals surface area contributed by atoms with E-state index in [-0.39, 0.29) is 50.0 Å². The molecule has 2 aromatic carbocycles. The first-order valence-electron chi connectivity index (χ1n) is 8.36. The second kappa shape index (κ2) is 8.99. The van der Waals surface area contributed by atoms with E-state index in [9.17, 15) is 17.6 Å². The van der Waals surface area contributed by atoms with E-state index in [1.165, 1.54) is 24.3 Å². The molecule has 0 saturated carbocycles. The largest absolute Gasteiger partial charge is 0.381 e. The number of hydrogen-bond acceptors (Lipinski definition) is 1. The van der Waals surface area contributed by atoms with Crippen LogP contribution in [-0.4, -0.2) is 13.2 Å². The smallest absolute Gasteiger partial charge is 0.273 e. The quantitative estimate of drug-likeness (QED) is 0.367. The second-order valence-electron chi connectivity index (χ2n) is 5.96. The highest BCUT2D eigenvalue weighted by Crippen LogP contribution is 2.33. The number of halogens is 4. The summed E-state index contributed by atoms with van der Waals surface area (Å²) in [5.74, 6) is -5.80. The van der Waals surface area contributed by atoms with Crippen molar-refractivity contribution in [3.63, 3.8) is 0 Å². The van der Waals surface area contributed by atoms with E-state index < -0.39 is 11.8 Å². The van der Waals surface area contributed by atoms with Crippen LogP contribution < -0.4 is 0 Å². The van der Waals surface area contributed by atoms with Gasteiger partial charge in [-0.25, -0.2) is 17.6 Å². The molecule has 2 rings (SSSR count). The topological polar surface area (TPSA) is 9.23 Å². The van der Waals surface area contributed by atoms with Crippen LogP contribution in [0.2, 0.25) is 0 Å². The van der Waals surface area contributed by atoms with Crippen LogP contribution in [0.1, 0.15) is 36.8 Å². The number of benzene rings is 2. The SMILES string of the molecule is FC(F)(CCCOCCCC(F)(F)c1ccccc1)c1ccccc1. The molecular weight excluding hydrogens is 332 g/mol. The first-order valence-corrected chi connectivity index (χ1v) is 8.36. The Morgan fingerprint density at radius 2 is 0.960 bits per heavy atom. The maximum absolute atomic E-state index is 13.9. The monoisotopic (exact) mass is 354 g/mol. The summed E-state index contributed by atoms with van der Waals surface area (Å²) in [4.78, 5) is 0. The van der Waals surface area contributed by atoms with Crippen LogP contribution in [0.4, 0.5) is 17.6 Å². The molecule has 0 heterocycles. The molecule has 0 bridgehead atoms. The van der Waals surface area contributed by atoms with Crippen LogP contribution in [0.3, 0.4) is 0 Å². The Kier molecular flexibility index (Phi) is 7.00. The molecule has 0 spiro atoms. The fraction of sp³-hybridized carbons (Fsp3) is 0.400. The van der Waals surface area contributed by atoms with Crippen LogP contribution in [0.5, 0.6) is 0 Å². The van der Waals surface area contributed by atoms with Gasteiger partial charge in [0.1, 0.15) is 0 Å². The third-order valence-electron chi connectivity index (χ3n) is 3.95. The summed E-state index contributed by atoms with van der Waals surface area (Å²) < 4.78 is 60.9. The number of ether oxygens (including phenoxy) is 1. The minimum Gasteiger partial charge on any atom is -0.381 e. The zero-order valence-corrected chi connectivity index (χ0v) is 13.9. The maximum atomic E-state index is 13.9. The molecule has 0 aliphatic heterocycles. The lowest BCUT2D eigenvalue weighted by molar-refractivity contribution is -0.0299. The highest BCUT2D eigenvalue weighted by molar-refractivity contribution is 5.20. The Morgan fingerprint density at radius 1 is 0.600 bits per heavy atom. The fourth-order valence-corrected chi connectivity index (χ4v) is 2.55. The third-order valence-corrected chi connectivity index (χ3v) is 3.95. The Hall–Kier alpha value is -1.88. The van der Waals surface area contributed by atoms with Gasteiger partial charge in [0.2, 0.25) is 0 Å². The van der Waals surface area contributed by atoms with E-state index >= 15 is 0 Å². The van der Waals surface area contributed by atoms with E-state index in [0.717, 1.165) is 0 Å². The molecule has 0 aliphatic rings. The van der Waals surface area contributed by atoms with Crippen molar-refractivity contribution >= 4 is 0 Å². The first kappa shape index (κ1) is 19.4. The van der Waals surface area contributed by atoms with Gasteiger partial charge in [0.15, 0.2) is 0 Å². The van der Waals surface area contributed by atoms with Crippen molar-refractivity contribution in [2.75, 3.05) is 13.2 Å². The van der Waals surface area contributed by atoms with E-state index in [0.29, 0.717) is 0 Å². The van der Waals surface area contributed by atoms with Crippen molar-refractivity contribution in [3.8, 4) is 0 Å². The van der Waals surface area contributed by atoms with E-state index in [4.69, 9.17) is 4.74 Å². The van der Waals surface area contributed by atoms with Crippen molar-refractivity contribution in [3.05, 3.63) is 71.8 Å². The van der Waals surface area contributed by atoms with Gasteiger partial charge in [-0.15, -0.1) is 0 Å². The molecule has 136 valence electrons. The number of rotatable bonds is 10. The molecule has 1 nitrogen and oxygen atoms in total. The van der Waals surface area contributed by atoms with Gasteiger partial charge in [0.05, 0.1) is 0 Å². The fourth-order valence-electron chi connectivity index (χ4n) is 2.55. The summed E-state index contributed by atoms with van der Waals surface area (Å²) >= 11 is 0. The highest BCUT2D eigenvalue weighted by Gasteiger charge is 2.31. The molecule has 0 aliphatic carbocycles. The molecular formula is C20H22F4O. The molecule has 2 aromatic rings. The predicted molar refractivity (Wildman–Crippen MR) is 90.0 cm³/mol. The Balaban J connectivity index is 1.62. The standard InChI is InChI=1S/C20H22F4O/c21-19(22,17-9-3-1-4-10-17)13-7-15-25-16-8-14-20(23,24)18-11-5-2-6-12-18/h1-6,9-12H,7-8,13-16H2. The van der Waals surface area contributed by atoms with Crippen LogP contribution in [0.25, 0.3) is 0 Å². The zero-order valence-electron chi connectivity index (χ0n) is 13.9. The highest BCUT2D eigenvalue weighted by atomic mass is 19.3. The van der Waals surface area contributed by atoms with Gasteiger partial charge >= 0.3 is 0 Å². The van der Waals surface area contributed by atoms with Gasteiger partial charge in [-0.3, -0.25) is 0 Å². The molecule has 0 unspecified atom stereocenters. The van der Waals surface area contributed by atoms with Gasteiger partial charge in [0.25, 0.3) is 11.8 Å². The van der Waals surface area contributed by atoms with Crippen LogP contribution >= 0.6 is 0 Å². The summed E-state index contributed by atoms with van der Waals surface area (Å²) in [6.45, 7) is 0.276. The van der Waals surface area contributed by atoms with Crippen molar-refractivity contribution < 1.29 is 22.3 Å². The summed E-state index contributed by atoms with van der Waals surface area (Å²) in [6, 6.07) is 15.3. The summed E-state index contributed by atoms with van der Waals surface area (Å²) in [7, 11) is 0. The van der Waals surface area contributed by atoms with Crippen LogP contribution in [-0.2, 0) is 16.6 Å². The predicted octanol–water partition coefficient (Wildman–Crippen LogP) is 6.15. The van der Waals surface area contributed by atoms with Gasteiger partial charge in [-0.05, 0) is 12.8 Å². The molecule has 0 radical (unpaired) electrons. The van der Waals surface area contributed by atoms with Crippen molar-refractivity contribution in [1.29, 1.82) is 0 Å². The van der Waals surface area contributed by atoms with Gasteiger partial charge in [-0.1, -0.05) is 60.7 Å². The van der Waals surface area contributed by atoms with E-state index in [2.05, 4.69) is 0 Å². The molecule has 0 amide bonds. The molecule has 0 saturated heterocycles. The Morgan fingerprint density at radius 3 is 1.32 bits per heavy atom. The van der Waals surface area contributed by atoms with Crippen LogP contribution in [0, 0.1) is 0 Å². The molecule has 5 heteroatoms. The average molecular weight is 354 g/mol. The first-order chi connectivity index (χ1) is 11.9. The molecule has 0 atom stereocenters. The van der Waals surface area contributed by atoms with E-state index in [1.54, 1.807) is 36.4 Å². The number of hydrogen-bond donors (Lipinski definition) is 0. The normalized spacial score (nSPS) is 12.3. The lowest BCUT2D eigenvalue weighted by Gasteiger charge is -2.17. The zero-order chi connectivity index (χ0) is 18.2. The Labute approximate surface area is 145 Å². The summed E-state index contributed by atoms with van der Waals surface area (Å²) in [5, 5.41) is 0. The van der Waals surface area contributed by atoms with Crippen molar-refractivity contribution in [2.45, 2.75) is 37.5 Å². The van der Waals surface area contributed by atoms with Gasteiger partial charge in [0, 0.05) is 37.2 Å². The van der Waals surface area contributed by atoms with Gasteiger partial charge in [-0.2, -0.15) is 0 Å². The third kappa shape index (κ3) is 6.16. The van der Waals surface area contributed by atoms with Crippen molar-refractivity contribution in [2.24, 2.45) is 0 Å². The molecule has 0 fully saturated rings. The summed E-state index contributed by atoms with van der Waals surface area (Å²) in [5.41, 5.74) is -0.0324. The molecule has 25 heavy (non-hydrogen) atoms. The number of alkyl halides is 4. The molecule has 0 N–H and O–H groups in total. The van der Waals surface area contributed by atoms with Gasteiger partial charge < -0.3 is 4.74 Å². The van der Waals surface area contributed by atoms with Crippen molar-refractivity contribution in [1.82, 2.24) is 0 Å². The average Bonchev–Trinajstić information content (AvgIpc) is 2.62. The molecule has 0 aromatic heterocycles. The summed E-state index contributed by atoms with van der Waals surface area (Å²) in [6.07, 6.45) is -0.289. The second-order valence-corrected chi connectivity index (χ2v) is 5.96. The lowest BCUT2D eigenvalue weighted by Crippen LogP contribution is -2.15. The maximum Gasteiger partial charge on any atom is 0.273 e. The van der Waals surface area contributed by atoms with Crippen LogP contribution in [0.15, 0.2) is 60.7 Å². The Bertz CT molecular complexity index is 559. The van der Waals surface area contributed by atoms with E-state index in [1.807, 2.05) is 0 Å².